The van der Waals surface area contributed by atoms with Crippen LogP contribution in [0.15, 0.2) is 5.03 Å². The number of carboxylic acids is 2. The molecule has 0 aromatic carbocycles. The molecule has 1 unspecified atom stereocenters. The van der Waals surface area contributed by atoms with E-state index in [4.69, 9.17) is 19.8 Å². The molecule has 3 fully saturated rings. The van der Waals surface area contributed by atoms with Gasteiger partial charge in [-0.25, -0.2) is 9.59 Å². The van der Waals surface area contributed by atoms with Gasteiger partial charge in [0.15, 0.2) is 0 Å². The maximum absolute atomic E-state index is 9.10. The lowest BCUT2D eigenvalue weighted by atomic mass is 9.78. The molecule has 0 saturated carbocycles. The van der Waals surface area contributed by atoms with Gasteiger partial charge < -0.3 is 15.1 Å². The summed E-state index contributed by atoms with van der Waals surface area (Å²) in [6, 6.07) is 0. The van der Waals surface area contributed by atoms with Gasteiger partial charge in [-0.3, -0.25) is 0 Å². The van der Waals surface area contributed by atoms with E-state index in [0.717, 1.165) is 5.92 Å². The predicted octanol–water partition coefficient (Wildman–Crippen LogP) is 2.40. The lowest BCUT2D eigenvalue weighted by Crippen LogP contribution is -2.46. The van der Waals surface area contributed by atoms with Crippen LogP contribution in [0.2, 0.25) is 0 Å². The Morgan fingerprint density at radius 1 is 1.25 bits per heavy atom. The monoisotopic (exact) mass is 373 g/mol. The first-order chi connectivity index (χ1) is 11.5. The first kappa shape index (κ1) is 19.1. The van der Waals surface area contributed by atoms with E-state index in [1.54, 1.807) is 0 Å². The van der Waals surface area contributed by atoms with E-state index in [1.807, 2.05) is 11.8 Å². The van der Waals surface area contributed by atoms with Crippen molar-refractivity contribution >= 4 is 35.4 Å². The Labute approximate surface area is 149 Å². The molecule has 2 bridgehead atoms. The molecule has 0 radical (unpaired) electrons. The molecule has 134 valence electrons. The molecule has 1 atom stereocenters. The molecular weight excluding hydrogens is 350 g/mol. The normalized spacial score (nSPS) is 25.0. The molecule has 0 spiro atoms. The quantitative estimate of drug-likeness (QED) is 0.461. The van der Waals surface area contributed by atoms with Crippen molar-refractivity contribution in [1.82, 2.24) is 13.6 Å². The fourth-order valence-corrected chi connectivity index (χ4v) is 4.96. The number of fused-ring (bicyclic) bond motifs is 3. The molecule has 24 heavy (non-hydrogen) atoms. The van der Waals surface area contributed by atoms with Gasteiger partial charge in [0.2, 0.25) is 0 Å². The Kier molecular flexibility index (Phi) is 7.44. The average molecular weight is 374 g/mol. The van der Waals surface area contributed by atoms with Gasteiger partial charge in [-0.15, -0.1) is 11.8 Å². The topological polar surface area (TPSA) is 104 Å². The van der Waals surface area contributed by atoms with Gasteiger partial charge >= 0.3 is 11.9 Å². The highest BCUT2D eigenvalue weighted by Crippen LogP contribution is 2.41. The summed E-state index contributed by atoms with van der Waals surface area (Å²) >= 11 is 3.32. The molecule has 2 N–H and O–H groups in total. The van der Waals surface area contributed by atoms with E-state index in [9.17, 15) is 0 Å². The lowest BCUT2D eigenvalue weighted by Gasteiger charge is -2.44. The number of aromatic nitrogens is 2. The summed E-state index contributed by atoms with van der Waals surface area (Å²) in [6.07, 6.45) is 5.27. The van der Waals surface area contributed by atoms with Crippen LogP contribution in [0.3, 0.4) is 0 Å². The highest BCUT2D eigenvalue weighted by atomic mass is 32.2. The van der Waals surface area contributed by atoms with E-state index >= 15 is 0 Å². The maximum atomic E-state index is 9.10. The number of thioether (sulfide) groups is 1. The van der Waals surface area contributed by atoms with E-state index < -0.39 is 11.9 Å². The van der Waals surface area contributed by atoms with Crippen LogP contribution in [-0.4, -0.2) is 61.2 Å². The van der Waals surface area contributed by atoms with Crippen LogP contribution in [-0.2, 0) is 9.59 Å². The minimum Gasteiger partial charge on any atom is -0.473 e. The van der Waals surface area contributed by atoms with E-state index in [0.29, 0.717) is 5.92 Å². The molecule has 0 aliphatic carbocycles. The van der Waals surface area contributed by atoms with Gasteiger partial charge in [0, 0.05) is 12.5 Å². The first-order valence-electron chi connectivity index (χ1n) is 8.16. The van der Waals surface area contributed by atoms with Gasteiger partial charge in [0.05, 0.1) is 17.4 Å². The van der Waals surface area contributed by atoms with Crippen LogP contribution < -0.4 is 0 Å². The molecular formula is C15H23N3O4S2. The van der Waals surface area contributed by atoms with Crippen LogP contribution in [0.25, 0.3) is 0 Å². The molecule has 3 aliphatic rings. The minimum absolute atomic E-state index is 0.662. The molecule has 0 amide bonds. The second kappa shape index (κ2) is 9.33. The summed E-state index contributed by atoms with van der Waals surface area (Å²) in [5.74, 6) is -0.930. The highest BCUT2D eigenvalue weighted by molar-refractivity contribution is 7.99. The highest BCUT2D eigenvalue weighted by Gasteiger charge is 2.37. The van der Waals surface area contributed by atoms with Gasteiger partial charge in [-0.05, 0) is 44.0 Å². The molecule has 3 aliphatic heterocycles. The number of nitrogens with zero attached hydrogens (tertiary/aromatic N) is 3. The smallest absolute Gasteiger partial charge is 0.414 e. The summed E-state index contributed by atoms with van der Waals surface area (Å²) in [4.78, 5) is 20.8. The number of rotatable bonds is 5. The zero-order valence-electron chi connectivity index (χ0n) is 13.7. The number of carboxylic acid groups (broad SMARTS) is 2. The zero-order chi connectivity index (χ0) is 17.5. The second-order valence-electron chi connectivity index (χ2n) is 6.01. The standard InChI is InChI=1S/C13H21N3S2.C2H2O4/c1-2-3-8-17-13-12(14-18-15-13)11-9-16-6-4-10(11)5-7-16;3-1(4)2(5)6/h10-11H,2-9H2,1H3;(H,3,4)(H,5,6). The van der Waals surface area contributed by atoms with Gasteiger partial charge in [0.25, 0.3) is 0 Å². The molecule has 4 rings (SSSR count). The van der Waals surface area contributed by atoms with E-state index in [-0.39, 0.29) is 0 Å². The third-order valence-corrected chi connectivity index (χ3v) is 6.13. The fraction of sp³-hybridized carbons (Fsp3) is 0.733. The predicted molar refractivity (Wildman–Crippen MR) is 92.7 cm³/mol. The first-order valence-corrected chi connectivity index (χ1v) is 9.88. The zero-order valence-corrected chi connectivity index (χ0v) is 15.3. The van der Waals surface area contributed by atoms with E-state index in [1.165, 1.54) is 73.5 Å². The lowest BCUT2D eigenvalue weighted by molar-refractivity contribution is -0.159. The van der Waals surface area contributed by atoms with Crippen LogP contribution in [0.4, 0.5) is 0 Å². The largest absolute Gasteiger partial charge is 0.473 e. The van der Waals surface area contributed by atoms with Crippen molar-refractivity contribution in [3.8, 4) is 0 Å². The van der Waals surface area contributed by atoms with Crippen LogP contribution >= 0.6 is 23.5 Å². The Balaban J connectivity index is 0.000000301. The summed E-state index contributed by atoms with van der Waals surface area (Å²) in [6.45, 7) is 6.07. The van der Waals surface area contributed by atoms with Crippen molar-refractivity contribution in [2.45, 2.75) is 43.6 Å². The van der Waals surface area contributed by atoms with Gasteiger partial charge in [-0.1, -0.05) is 13.3 Å². The number of unbranched alkanes of at least 4 members (excludes halogenated alkanes) is 1. The number of piperidine rings is 3. The summed E-state index contributed by atoms with van der Waals surface area (Å²) in [5.41, 5.74) is 1.32. The van der Waals surface area contributed by atoms with Crippen LogP contribution in [0.1, 0.15) is 44.2 Å². The van der Waals surface area contributed by atoms with Crippen molar-refractivity contribution in [3.05, 3.63) is 5.69 Å². The third kappa shape index (κ3) is 5.15. The molecule has 3 saturated heterocycles. The second-order valence-corrected chi connectivity index (χ2v) is 7.62. The number of hydrogen-bond acceptors (Lipinski definition) is 7. The SMILES string of the molecule is CCCCSc1nsnc1C1CN2CCC1CC2.O=C(O)C(=O)O. The summed E-state index contributed by atoms with van der Waals surface area (Å²) < 4.78 is 9.14. The van der Waals surface area contributed by atoms with Gasteiger partial charge in [0.1, 0.15) is 5.03 Å². The molecule has 7 nitrogen and oxygen atoms in total. The van der Waals surface area contributed by atoms with Crippen molar-refractivity contribution in [1.29, 1.82) is 0 Å². The maximum Gasteiger partial charge on any atom is 0.414 e. The Morgan fingerprint density at radius 3 is 2.42 bits per heavy atom. The Bertz CT molecular complexity index is 547. The molecule has 9 heteroatoms. The summed E-state index contributed by atoms with van der Waals surface area (Å²) in [5, 5.41) is 16.0. The number of carbonyl (C=O) groups is 2. The number of aliphatic carboxylic acids is 2. The average Bonchev–Trinajstić information content (AvgIpc) is 3.05. The van der Waals surface area contributed by atoms with Crippen molar-refractivity contribution in [2.24, 2.45) is 5.92 Å². The van der Waals surface area contributed by atoms with Crippen molar-refractivity contribution < 1.29 is 19.8 Å². The molecule has 1 aromatic heterocycles. The Morgan fingerprint density at radius 2 is 1.92 bits per heavy atom. The van der Waals surface area contributed by atoms with E-state index in [2.05, 4.69) is 20.6 Å². The van der Waals surface area contributed by atoms with Gasteiger partial charge in [-0.2, -0.15) is 8.75 Å². The minimum atomic E-state index is -1.82. The summed E-state index contributed by atoms with van der Waals surface area (Å²) in [7, 11) is 0. The van der Waals surface area contributed by atoms with Crippen LogP contribution in [0, 0.1) is 5.92 Å². The van der Waals surface area contributed by atoms with Crippen LogP contribution in [0.5, 0.6) is 0 Å². The van der Waals surface area contributed by atoms with Crippen molar-refractivity contribution in [2.75, 3.05) is 25.4 Å². The van der Waals surface area contributed by atoms with Crippen molar-refractivity contribution in [3.63, 3.8) is 0 Å². The molecule has 4 heterocycles. The fourth-order valence-electron chi connectivity index (χ4n) is 3.10. The molecule has 1 aromatic rings. The third-order valence-electron chi connectivity index (χ3n) is 4.41. The number of hydrogen-bond donors (Lipinski definition) is 2. The Hall–Kier alpha value is -1.19.